The van der Waals surface area contributed by atoms with Crippen LogP contribution in [0.1, 0.15) is 11.1 Å². The van der Waals surface area contributed by atoms with Gasteiger partial charge in [0.15, 0.2) is 11.5 Å². The molecule has 0 spiro atoms. The van der Waals surface area contributed by atoms with Crippen molar-refractivity contribution in [3.63, 3.8) is 0 Å². The molecular formula is C21H27N3O4. The van der Waals surface area contributed by atoms with Gasteiger partial charge < -0.3 is 30.1 Å². The highest BCUT2D eigenvalue weighted by Crippen LogP contribution is 2.36. The number of hydrogen-bond acceptors (Lipinski definition) is 5. The van der Waals surface area contributed by atoms with E-state index in [4.69, 9.17) is 9.47 Å². The summed E-state index contributed by atoms with van der Waals surface area (Å²) in [5.74, 6) is 1.81. The summed E-state index contributed by atoms with van der Waals surface area (Å²) in [6.45, 7) is 1.30. The number of nitrogens with zero attached hydrogens (tertiary/aromatic N) is 1. The number of carbonyl (C=O) groups excluding carboxylic acids is 1. The van der Waals surface area contributed by atoms with Crippen molar-refractivity contribution in [1.82, 2.24) is 15.5 Å². The SMILES string of the molecule is CN(C)[C@H](CNC(=O)NCCc1ccc(O)cc1)Cc1cccc2c1OCO2. The van der Waals surface area contributed by atoms with Crippen molar-refractivity contribution in [3.05, 3.63) is 53.6 Å². The fourth-order valence-electron chi connectivity index (χ4n) is 3.10. The van der Waals surface area contributed by atoms with Gasteiger partial charge in [0.1, 0.15) is 5.75 Å². The van der Waals surface area contributed by atoms with Gasteiger partial charge in [0.25, 0.3) is 0 Å². The first-order valence-electron chi connectivity index (χ1n) is 9.36. The Morgan fingerprint density at radius 2 is 1.93 bits per heavy atom. The molecule has 0 aliphatic carbocycles. The van der Waals surface area contributed by atoms with E-state index in [0.29, 0.717) is 19.5 Å². The number of nitrogens with one attached hydrogen (secondary N) is 2. The van der Waals surface area contributed by atoms with E-state index >= 15 is 0 Å². The number of fused-ring (bicyclic) bond motifs is 1. The number of para-hydroxylation sites is 1. The molecular weight excluding hydrogens is 358 g/mol. The van der Waals surface area contributed by atoms with Gasteiger partial charge in [0, 0.05) is 19.1 Å². The molecule has 2 aromatic rings. The van der Waals surface area contributed by atoms with Crippen LogP contribution >= 0.6 is 0 Å². The Bertz CT molecular complexity index is 793. The summed E-state index contributed by atoms with van der Waals surface area (Å²) in [6.07, 6.45) is 1.45. The van der Waals surface area contributed by atoms with E-state index in [1.165, 1.54) is 0 Å². The second kappa shape index (κ2) is 9.32. The van der Waals surface area contributed by atoms with E-state index in [1.807, 2.05) is 44.4 Å². The molecule has 1 atom stereocenters. The molecule has 2 amide bonds. The molecule has 0 saturated heterocycles. The van der Waals surface area contributed by atoms with Gasteiger partial charge in [-0.1, -0.05) is 24.3 Å². The van der Waals surface area contributed by atoms with Gasteiger partial charge in [-0.05, 0) is 56.3 Å². The van der Waals surface area contributed by atoms with E-state index in [0.717, 1.165) is 29.0 Å². The zero-order valence-electron chi connectivity index (χ0n) is 16.3. The first-order chi connectivity index (χ1) is 13.5. The summed E-state index contributed by atoms with van der Waals surface area (Å²) in [5.41, 5.74) is 2.13. The fraction of sp³-hybridized carbons (Fsp3) is 0.381. The topological polar surface area (TPSA) is 83.1 Å². The van der Waals surface area contributed by atoms with Crippen LogP contribution < -0.4 is 20.1 Å². The Morgan fingerprint density at radius 3 is 2.68 bits per heavy atom. The Hall–Kier alpha value is -2.93. The van der Waals surface area contributed by atoms with Crippen LogP contribution in [0, 0.1) is 0 Å². The van der Waals surface area contributed by atoms with Gasteiger partial charge in [-0.15, -0.1) is 0 Å². The number of benzene rings is 2. The number of likely N-dealkylation sites (N-methyl/N-ethyl adjacent to an activating group) is 1. The second-order valence-electron chi connectivity index (χ2n) is 7.03. The average molecular weight is 385 g/mol. The van der Waals surface area contributed by atoms with E-state index < -0.39 is 0 Å². The molecule has 1 aliphatic heterocycles. The van der Waals surface area contributed by atoms with Crippen LogP contribution in [-0.4, -0.2) is 56.1 Å². The normalized spacial score (nSPS) is 13.4. The zero-order valence-corrected chi connectivity index (χ0v) is 16.3. The Morgan fingerprint density at radius 1 is 1.14 bits per heavy atom. The minimum Gasteiger partial charge on any atom is -0.508 e. The van der Waals surface area contributed by atoms with E-state index in [2.05, 4.69) is 15.5 Å². The summed E-state index contributed by atoms with van der Waals surface area (Å²) in [4.78, 5) is 14.2. The fourth-order valence-corrected chi connectivity index (χ4v) is 3.10. The van der Waals surface area contributed by atoms with Crippen LogP contribution in [-0.2, 0) is 12.8 Å². The third-order valence-electron chi connectivity index (χ3n) is 4.80. The molecule has 3 rings (SSSR count). The monoisotopic (exact) mass is 385 g/mol. The van der Waals surface area contributed by atoms with Gasteiger partial charge in [-0.25, -0.2) is 4.79 Å². The van der Waals surface area contributed by atoms with Crippen molar-refractivity contribution in [2.75, 3.05) is 34.0 Å². The maximum absolute atomic E-state index is 12.1. The second-order valence-corrected chi connectivity index (χ2v) is 7.03. The highest BCUT2D eigenvalue weighted by atomic mass is 16.7. The molecule has 0 fully saturated rings. The molecule has 0 unspecified atom stereocenters. The molecule has 7 nitrogen and oxygen atoms in total. The predicted molar refractivity (Wildman–Crippen MR) is 107 cm³/mol. The minimum atomic E-state index is -0.191. The number of rotatable bonds is 8. The van der Waals surface area contributed by atoms with Crippen molar-refractivity contribution >= 4 is 6.03 Å². The number of phenolic OH excluding ortho intramolecular Hbond substituents is 1. The number of hydrogen-bond donors (Lipinski definition) is 3. The smallest absolute Gasteiger partial charge is 0.314 e. The minimum absolute atomic E-state index is 0.124. The van der Waals surface area contributed by atoms with Gasteiger partial charge in [0.05, 0.1) is 0 Å². The van der Waals surface area contributed by atoms with Crippen LogP contribution in [0.25, 0.3) is 0 Å². The highest BCUT2D eigenvalue weighted by Gasteiger charge is 2.21. The lowest BCUT2D eigenvalue weighted by Crippen LogP contribution is -2.45. The lowest BCUT2D eigenvalue weighted by atomic mass is 10.0. The molecule has 7 heteroatoms. The summed E-state index contributed by atoms with van der Waals surface area (Å²) in [7, 11) is 3.99. The van der Waals surface area contributed by atoms with E-state index in [-0.39, 0.29) is 24.6 Å². The quantitative estimate of drug-likeness (QED) is 0.649. The molecule has 0 saturated carbocycles. The van der Waals surface area contributed by atoms with Gasteiger partial charge >= 0.3 is 6.03 Å². The zero-order chi connectivity index (χ0) is 19.9. The third kappa shape index (κ3) is 5.29. The lowest BCUT2D eigenvalue weighted by Gasteiger charge is -2.25. The van der Waals surface area contributed by atoms with Crippen molar-refractivity contribution in [1.29, 1.82) is 0 Å². The van der Waals surface area contributed by atoms with Gasteiger partial charge in [-0.3, -0.25) is 0 Å². The first kappa shape index (κ1) is 19.8. The Kier molecular flexibility index (Phi) is 6.60. The number of amides is 2. The summed E-state index contributed by atoms with van der Waals surface area (Å²) in [5, 5.41) is 15.1. The van der Waals surface area contributed by atoms with Gasteiger partial charge in [-0.2, -0.15) is 0 Å². The number of ether oxygens (including phenoxy) is 2. The van der Waals surface area contributed by atoms with Crippen LogP contribution in [0.2, 0.25) is 0 Å². The van der Waals surface area contributed by atoms with Gasteiger partial charge in [0.2, 0.25) is 6.79 Å². The molecule has 2 aromatic carbocycles. The average Bonchev–Trinajstić information content (AvgIpc) is 3.16. The van der Waals surface area contributed by atoms with E-state index in [9.17, 15) is 9.90 Å². The van der Waals surface area contributed by atoms with Crippen molar-refractivity contribution in [2.45, 2.75) is 18.9 Å². The molecule has 1 heterocycles. The molecule has 0 bridgehead atoms. The van der Waals surface area contributed by atoms with E-state index in [1.54, 1.807) is 12.1 Å². The van der Waals surface area contributed by atoms with Crippen LogP contribution in [0.3, 0.4) is 0 Å². The standard InChI is InChI=1S/C21H27N3O4/c1-24(2)17(12-16-4-3-5-19-20(16)28-14-27-19)13-23-21(26)22-11-10-15-6-8-18(25)9-7-15/h3-9,17,25H,10-14H2,1-2H3,(H2,22,23,26)/t17-/m0/s1. The molecule has 28 heavy (non-hydrogen) atoms. The summed E-state index contributed by atoms with van der Waals surface area (Å²) >= 11 is 0. The van der Waals surface area contributed by atoms with Crippen molar-refractivity contribution in [2.24, 2.45) is 0 Å². The van der Waals surface area contributed by atoms with Crippen LogP contribution in [0.15, 0.2) is 42.5 Å². The largest absolute Gasteiger partial charge is 0.508 e. The summed E-state index contributed by atoms with van der Waals surface area (Å²) in [6, 6.07) is 12.8. The predicted octanol–water partition coefficient (Wildman–Crippen LogP) is 2.14. The van der Waals surface area contributed by atoms with Crippen LogP contribution in [0.4, 0.5) is 4.79 Å². The number of phenols is 1. The maximum atomic E-state index is 12.1. The third-order valence-corrected chi connectivity index (χ3v) is 4.80. The molecule has 0 aromatic heterocycles. The lowest BCUT2D eigenvalue weighted by molar-refractivity contribution is 0.172. The highest BCUT2D eigenvalue weighted by molar-refractivity contribution is 5.73. The van der Waals surface area contributed by atoms with Crippen molar-refractivity contribution in [3.8, 4) is 17.2 Å². The maximum Gasteiger partial charge on any atom is 0.314 e. The Balaban J connectivity index is 1.46. The summed E-state index contributed by atoms with van der Waals surface area (Å²) < 4.78 is 11.0. The molecule has 150 valence electrons. The first-order valence-corrected chi connectivity index (χ1v) is 9.36. The van der Waals surface area contributed by atoms with Crippen LogP contribution in [0.5, 0.6) is 17.2 Å². The number of carbonyl (C=O) groups is 1. The van der Waals surface area contributed by atoms with Crippen molar-refractivity contribution < 1.29 is 19.4 Å². The molecule has 3 N–H and O–H groups in total. The number of urea groups is 1. The number of aromatic hydroxyl groups is 1. The molecule has 0 radical (unpaired) electrons. The Labute approximate surface area is 165 Å². The molecule has 1 aliphatic rings.